The topological polar surface area (TPSA) is 89.8 Å². The molecule has 7 nitrogen and oxygen atoms in total. The van der Waals surface area contributed by atoms with Crippen LogP contribution in [0.5, 0.6) is 0 Å². The number of hydrogen-bond acceptors (Lipinski definition) is 4. The number of aromatic nitrogens is 3. The van der Waals surface area contributed by atoms with Gasteiger partial charge in [0.15, 0.2) is 11.6 Å². The summed E-state index contributed by atoms with van der Waals surface area (Å²) < 4.78 is 7.18. The van der Waals surface area contributed by atoms with Crippen molar-refractivity contribution in [2.75, 3.05) is 19.0 Å². The summed E-state index contributed by atoms with van der Waals surface area (Å²) in [6.07, 6.45) is 3.61. The van der Waals surface area contributed by atoms with Crippen molar-refractivity contribution in [3.63, 3.8) is 0 Å². The van der Waals surface area contributed by atoms with Gasteiger partial charge >= 0.3 is 0 Å². The number of anilines is 1. The lowest BCUT2D eigenvalue weighted by Gasteiger charge is -2.10. The van der Waals surface area contributed by atoms with Crippen molar-refractivity contribution in [2.24, 2.45) is 10.7 Å². The number of fused-ring (bicyclic) bond motifs is 1. The molecule has 2 aromatic heterocycles. The molecule has 3 N–H and O–H groups in total. The quantitative estimate of drug-likeness (QED) is 0.242. The summed E-state index contributed by atoms with van der Waals surface area (Å²) in [5.41, 5.74) is 8.79. The third-order valence-electron chi connectivity index (χ3n) is 3.80. The third kappa shape index (κ3) is 5.15. The summed E-state index contributed by atoms with van der Waals surface area (Å²) >= 11 is 0. The molecular formula is C18H23IN6O. The molecule has 26 heavy (non-hydrogen) atoms. The van der Waals surface area contributed by atoms with Crippen LogP contribution in [0.2, 0.25) is 0 Å². The minimum Gasteiger partial charge on any atom is -0.380 e. The van der Waals surface area contributed by atoms with Crippen molar-refractivity contribution >= 4 is 41.3 Å². The van der Waals surface area contributed by atoms with E-state index in [2.05, 4.69) is 20.5 Å². The first-order valence-corrected chi connectivity index (χ1v) is 8.20. The van der Waals surface area contributed by atoms with Crippen LogP contribution >= 0.6 is 24.0 Å². The summed E-state index contributed by atoms with van der Waals surface area (Å²) in [7, 11) is 1.67. The number of nitrogens with one attached hydrogen (secondary N) is 1. The monoisotopic (exact) mass is 466 g/mol. The molecule has 0 fully saturated rings. The van der Waals surface area contributed by atoms with Crippen LogP contribution in [0, 0.1) is 0 Å². The number of nitrogens with two attached hydrogens (primary N) is 1. The number of methoxy groups -OCH3 is 1. The smallest absolute Gasteiger partial charge is 0.193 e. The highest BCUT2D eigenvalue weighted by molar-refractivity contribution is 14.0. The molecule has 3 aromatic rings. The number of pyridine rings is 1. The van der Waals surface area contributed by atoms with Crippen LogP contribution in [0.3, 0.4) is 0 Å². The van der Waals surface area contributed by atoms with Crippen LogP contribution in [0.4, 0.5) is 5.69 Å². The maximum atomic E-state index is 5.99. The van der Waals surface area contributed by atoms with Crippen molar-refractivity contribution in [3.05, 3.63) is 60.0 Å². The van der Waals surface area contributed by atoms with Gasteiger partial charge in [-0.2, -0.15) is 0 Å². The van der Waals surface area contributed by atoms with Gasteiger partial charge in [0.1, 0.15) is 5.82 Å². The Kier molecular flexibility index (Phi) is 7.79. The van der Waals surface area contributed by atoms with Gasteiger partial charge in [0, 0.05) is 37.5 Å². The SMILES string of the molecule is COCc1ccccc1NC(N)=NCCCc1nnc2ccccn12.I. The molecule has 0 unspecified atom stereocenters. The predicted molar refractivity (Wildman–Crippen MR) is 114 cm³/mol. The zero-order valence-corrected chi connectivity index (χ0v) is 17.0. The van der Waals surface area contributed by atoms with Crippen molar-refractivity contribution < 1.29 is 4.74 Å². The molecule has 0 aliphatic carbocycles. The van der Waals surface area contributed by atoms with Gasteiger partial charge in [-0.1, -0.05) is 24.3 Å². The lowest BCUT2D eigenvalue weighted by Crippen LogP contribution is -2.23. The fourth-order valence-electron chi connectivity index (χ4n) is 2.60. The van der Waals surface area contributed by atoms with Gasteiger partial charge in [-0.25, -0.2) is 0 Å². The highest BCUT2D eigenvalue weighted by Gasteiger charge is 2.04. The molecule has 0 radical (unpaired) electrons. The Morgan fingerprint density at radius 3 is 2.85 bits per heavy atom. The second kappa shape index (κ2) is 10.1. The minimum atomic E-state index is 0. The highest BCUT2D eigenvalue weighted by atomic mass is 127. The second-order valence-corrected chi connectivity index (χ2v) is 5.63. The highest BCUT2D eigenvalue weighted by Crippen LogP contribution is 2.15. The summed E-state index contributed by atoms with van der Waals surface area (Å²) in [5, 5.41) is 11.5. The van der Waals surface area contributed by atoms with E-state index in [1.165, 1.54) is 0 Å². The van der Waals surface area contributed by atoms with Crippen LogP contribution in [0.15, 0.2) is 53.7 Å². The van der Waals surface area contributed by atoms with Gasteiger partial charge in [0.2, 0.25) is 0 Å². The molecule has 0 spiro atoms. The number of ether oxygens (including phenoxy) is 1. The second-order valence-electron chi connectivity index (χ2n) is 5.63. The van der Waals surface area contributed by atoms with E-state index in [-0.39, 0.29) is 24.0 Å². The average molecular weight is 466 g/mol. The number of nitrogens with zero attached hydrogens (tertiary/aromatic N) is 4. The van der Waals surface area contributed by atoms with Gasteiger partial charge in [-0.05, 0) is 24.6 Å². The largest absolute Gasteiger partial charge is 0.380 e. The van der Waals surface area contributed by atoms with Crippen molar-refractivity contribution in [3.8, 4) is 0 Å². The fraction of sp³-hybridized carbons (Fsp3) is 0.278. The molecule has 138 valence electrons. The molecule has 3 rings (SSSR count). The van der Waals surface area contributed by atoms with Gasteiger partial charge in [0.25, 0.3) is 0 Å². The van der Waals surface area contributed by atoms with Crippen LogP contribution in [0.1, 0.15) is 17.8 Å². The standard InChI is InChI=1S/C18H22N6O.HI/c1-25-13-14-7-2-3-8-15(14)21-18(19)20-11-6-10-17-23-22-16-9-4-5-12-24(16)17;/h2-5,7-9,12H,6,10-11,13H2,1H3,(H3,19,20,21);1H. The Morgan fingerprint density at radius 1 is 1.19 bits per heavy atom. The van der Waals surface area contributed by atoms with E-state index in [4.69, 9.17) is 10.5 Å². The molecule has 0 saturated carbocycles. The van der Waals surface area contributed by atoms with Crippen molar-refractivity contribution in [2.45, 2.75) is 19.4 Å². The van der Waals surface area contributed by atoms with Gasteiger partial charge in [-0.15, -0.1) is 34.2 Å². The molecule has 0 amide bonds. The third-order valence-corrected chi connectivity index (χ3v) is 3.80. The Balaban J connectivity index is 0.00000243. The Labute approximate surface area is 169 Å². The minimum absolute atomic E-state index is 0. The summed E-state index contributed by atoms with van der Waals surface area (Å²) in [6.45, 7) is 1.14. The number of para-hydroxylation sites is 1. The lowest BCUT2D eigenvalue weighted by atomic mass is 10.2. The molecule has 0 aliphatic heterocycles. The van der Waals surface area contributed by atoms with E-state index < -0.39 is 0 Å². The molecule has 0 aliphatic rings. The first kappa shape index (κ1) is 20.1. The van der Waals surface area contributed by atoms with E-state index in [9.17, 15) is 0 Å². The maximum absolute atomic E-state index is 5.99. The van der Waals surface area contributed by atoms with Gasteiger partial charge < -0.3 is 15.8 Å². The van der Waals surface area contributed by atoms with Crippen LogP contribution in [-0.4, -0.2) is 34.2 Å². The molecule has 1 aromatic carbocycles. The first-order valence-electron chi connectivity index (χ1n) is 8.20. The van der Waals surface area contributed by atoms with E-state index in [1.807, 2.05) is 53.1 Å². The van der Waals surface area contributed by atoms with Crippen molar-refractivity contribution in [1.82, 2.24) is 14.6 Å². The predicted octanol–water partition coefficient (Wildman–Crippen LogP) is 2.85. The normalized spacial score (nSPS) is 11.3. The molecule has 8 heteroatoms. The van der Waals surface area contributed by atoms with E-state index in [1.54, 1.807) is 7.11 Å². The Bertz CT molecular complexity index is 864. The van der Waals surface area contributed by atoms with Crippen LogP contribution in [0.25, 0.3) is 5.65 Å². The van der Waals surface area contributed by atoms with Gasteiger partial charge in [-0.3, -0.25) is 9.39 Å². The molecule has 2 heterocycles. The van der Waals surface area contributed by atoms with Crippen LogP contribution in [-0.2, 0) is 17.8 Å². The molecule has 0 atom stereocenters. The Morgan fingerprint density at radius 2 is 2.00 bits per heavy atom. The number of hydrogen-bond donors (Lipinski definition) is 2. The Hall–Kier alpha value is -2.20. The summed E-state index contributed by atoms with van der Waals surface area (Å²) in [5.74, 6) is 1.33. The van der Waals surface area contributed by atoms with Crippen molar-refractivity contribution in [1.29, 1.82) is 0 Å². The number of rotatable bonds is 7. The first-order chi connectivity index (χ1) is 12.3. The fourth-order valence-corrected chi connectivity index (χ4v) is 2.60. The summed E-state index contributed by atoms with van der Waals surface area (Å²) in [6, 6.07) is 13.7. The van der Waals surface area contributed by atoms with Gasteiger partial charge in [0.05, 0.1) is 6.61 Å². The van der Waals surface area contributed by atoms with Crippen LogP contribution < -0.4 is 11.1 Å². The number of halogens is 1. The zero-order chi connectivity index (χ0) is 17.5. The zero-order valence-electron chi connectivity index (χ0n) is 14.6. The number of aryl methyl sites for hydroxylation is 1. The molecule has 0 saturated heterocycles. The maximum Gasteiger partial charge on any atom is 0.193 e. The average Bonchev–Trinajstić information content (AvgIpc) is 3.04. The van der Waals surface area contributed by atoms with E-state index in [0.717, 1.165) is 35.6 Å². The number of benzene rings is 1. The molecule has 0 bridgehead atoms. The number of guanidine groups is 1. The lowest BCUT2D eigenvalue weighted by molar-refractivity contribution is 0.185. The number of aliphatic imine (C=N–C) groups is 1. The summed E-state index contributed by atoms with van der Waals surface area (Å²) in [4.78, 5) is 4.39. The van der Waals surface area contributed by atoms with E-state index in [0.29, 0.717) is 19.1 Å². The van der Waals surface area contributed by atoms with E-state index >= 15 is 0 Å². The molecular weight excluding hydrogens is 443 g/mol.